The second kappa shape index (κ2) is 7.42. The Morgan fingerprint density at radius 3 is 2.81 bits per heavy atom. The molecular formula is C15H17N9O2. The van der Waals surface area contributed by atoms with Gasteiger partial charge in [-0.3, -0.25) is 14.8 Å². The standard InChI is InChI=1S/C15H17N9O2/c1-10-2-3-11(24-9-17-21-22-24)8-12(10)18-15(26)19-14-5-7-23(20-14)6-4-13(16)25/h2-3,5,7-9H,4,6H2,1H3,(H2,16,25)(H2,18,19,20,26). The van der Waals surface area contributed by atoms with Crippen LogP contribution >= 0.6 is 0 Å². The number of nitrogens with two attached hydrogens (primary N) is 1. The van der Waals surface area contributed by atoms with Crippen LogP contribution in [0.25, 0.3) is 5.69 Å². The van der Waals surface area contributed by atoms with Gasteiger partial charge >= 0.3 is 6.03 Å². The molecule has 11 heteroatoms. The average Bonchev–Trinajstić information content (AvgIpc) is 3.27. The van der Waals surface area contributed by atoms with Crippen LogP contribution < -0.4 is 16.4 Å². The van der Waals surface area contributed by atoms with E-state index in [1.54, 1.807) is 18.3 Å². The number of amides is 3. The summed E-state index contributed by atoms with van der Waals surface area (Å²) in [5.41, 5.74) is 7.31. The Balaban J connectivity index is 1.65. The number of aryl methyl sites for hydroxylation is 2. The first-order valence-corrected chi connectivity index (χ1v) is 7.75. The van der Waals surface area contributed by atoms with Gasteiger partial charge in [-0.15, -0.1) is 5.10 Å². The van der Waals surface area contributed by atoms with E-state index < -0.39 is 11.9 Å². The van der Waals surface area contributed by atoms with E-state index in [2.05, 4.69) is 31.3 Å². The third-order valence-corrected chi connectivity index (χ3v) is 3.55. The first-order valence-electron chi connectivity index (χ1n) is 7.75. The third kappa shape index (κ3) is 4.20. The lowest BCUT2D eigenvalue weighted by atomic mass is 10.2. The lowest BCUT2D eigenvalue weighted by Gasteiger charge is -2.10. The molecule has 11 nitrogen and oxygen atoms in total. The van der Waals surface area contributed by atoms with Crippen molar-refractivity contribution in [1.82, 2.24) is 30.0 Å². The van der Waals surface area contributed by atoms with Crippen LogP contribution in [0.3, 0.4) is 0 Å². The highest BCUT2D eigenvalue weighted by atomic mass is 16.2. The molecule has 0 radical (unpaired) electrons. The largest absolute Gasteiger partial charge is 0.370 e. The van der Waals surface area contributed by atoms with E-state index in [0.717, 1.165) is 5.56 Å². The van der Waals surface area contributed by atoms with Gasteiger partial charge in [-0.2, -0.15) is 5.10 Å². The second-order valence-electron chi connectivity index (χ2n) is 5.51. The molecule has 26 heavy (non-hydrogen) atoms. The van der Waals surface area contributed by atoms with E-state index in [4.69, 9.17) is 5.73 Å². The fourth-order valence-electron chi connectivity index (χ4n) is 2.21. The second-order valence-corrected chi connectivity index (χ2v) is 5.51. The fraction of sp³-hybridized carbons (Fsp3) is 0.200. The first-order chi connectivity index (χ1) is 12.5. The minimum atomic E-state index is -0.442. The van der Waals surface area contributed by atoms with Crippen LogP contribution in [0, 0.1) is 6.92 Å². The molecule has 1 aromatic carbocycles. The summed E-state index contributed by atoms with van der Waals surface area (Å²) in [5, 5.41) is 20.5. The molecule has 0 aliphatic rings. The Morgan fingerprint density at radius 2 is 2.08 bits per heavy atom. The van der Waals surface area contributed by atoms with Gasteiger partial charge in [0.05, 0.1) is 5.69 Å². The molecule has 2 heterocycles. The van der Waals surface area contributed by atoms with Gasteiger partial charge in [0, 0.05) is 30.9 Å². The van der Waals surface area contributed by atoms with Crippen LogP contribution in [-0.2, 0) is 11.3 Å². The number of carbonyl (C=O) groups excluding carboxylic acids is 2. The van der Waals surface area contributed by atoms with E-state index in [-0.39, 0.29) is 6.42 Å². The monoisotopic (exact) mass is 355 g/mol. The Morgan fingerprint density at radius 1 is 1.23 bits per heavy atom. The summed E-state index contributed by atoms with van der Waals surface area (Å²) >= 11 is 0. The van der Waals surface area contributed by atoms with Crippen LogP contribution in [0.5, 0.6) is 0 Å². The maximum Gasteiger partial charge on any atom is 0.324 e. The summed E-state index contributed by atoms with van der Waals surface area (Å²) in [7, 11) is 0. The van der Waals surface area contributed by atoms with Crippen molar-refractivity contribution < 1.29 is 9.59 Å². The number of tetrazole rings is 1. The molecule has 0 saturated carbocycles. The summed E-state index contributed by atoms with van der Waals surface area (Å²) in [4.78, 5) is 23.0. The number of carbonyl (C=O) groups is 2. The maximum absolute atomic E-state index is 12.2. The van der Waals surface area contributed by atoms with Crippen LogP contribution in [-0.4, -0.2) is 41.9 Å². The van der Waals surface area contributed by atoms with Gasteiger partial charge in [0.2, 0.25) is 5.91 Å². The van der Waals surface area contributed by atoms with Crippen LogP contribution in [0.1, 0.15) is 12.0 Å². The minimum absolute atomic E-state index is 0.177. The maximum atomic E-state index is 12.2. The predicted molar refractivity (Wildman–Crippen MR) is 92.6 cm³/mol. The molecule has 0 atom stereocenters. The predicted octanol–water partition coefficient (Wildman–Crippen LogP) is 0.687. The normalized spacial score (nSPS) is 10.5. The van der Waals surface area contributed by atoms with E-state index >= 15 is 0 Å². The number of nitrogens with zero attached hydrogens (tertiary/aromatic N) is 6. The SMILES string of the molecule is Cc1ccc(-n2cnnn2)cc1NC(=O)Nc1ccn(CCC(N)=O)n1. The van der Waals surface area contributed by atoms with Crippen molar-refractivity contribution in [3.8, 4) is 5.69 Å². The summed E-state index contributed by atoms with van der Waals surface area (Å²) in [6.45, 7) is 2.23. The third-order valence-electron chi connectivity index (χ3n) is 3.55. The van der Waals surface area contributed by atoms with Crippen LogP contribution in [0.15, 0.2) is 36.8 Å². The smallest absolute Gasteiger partial charge is 0.324 e. The molecule has 0 unspecified atom stereocenters. The lowest BCUT2D eigenvalue weighted by Crippen LogP contribution is -2.21. The van der Waals surface area contributed by atoms with E-state index in [1.807, 2.05) is 19.1 Å². The highest BCUT2D eigenvalue weighted by molar-refractivity contribution is 5.99. The number of hydrogen-bond donors (Lipinski definition) is 3. The molecule has 3 amide bonds. The number of rotatable bonds is 6. The summed E-state index contributed by atoms with van der Waals surface area (Å²) in [5.74, 6) is -0.0491. The van der Waals surface area contributed by atoms with Crippen molar-refractivity contribution in [2.75, 3.05) is 10.6 Å². The van der Waals surface area contributed by atoms with Gasteiger partial charge in [-0.05, 0) is 35.0 Å². The summed E-state index contributed by atoms with van der Waals surface area (Å²) in [6, 6.07) is 6.64. The van der Waals surface area contributed by atoms with Gasteiger partial charge in [-0.1, -0.05) is 6.07 Å². The molecule has 0 aliphatic carbocycles. The Bertz CT molecular complexity index is 917. The van der Waals surface area contributed by atoms with Gasteiger partial charge in [0.1, 0.15) is 6.33 Å². The molecule has 134 valence electrons. The average molecular weight is 355 g/mol. The Hall–Kier alpha value is -3.76. The van der Waals surface area contributed by atoms with E-state index in [0.29, 0.717) is 23.7 Å². The zero-order chi connectivity index (χ0) is 18.5. The fourth-order valence-corrected chi connectivity index (χ4v) is 2.21. The Kier molecular flexibility index (Phi) is 4.87. The van der Waals surface area contributed by atoms with Crippen LogP contribution in [0.2, 0.25) is 0 Å². The number of primary amides is 1. The van der Waals surface area contributed by atoms with Crippen molar-refractivity contribution in [2.45, 2.75) is 19.9 Å². The highest BCUT2D eigenvalue weighted by Crippen LogP contribution is 2.19. The minimum Gasteiger partial charge on any atom is -0.370 e. The number of benzene rings is 1. The van der Waals surface area contributed by atoms with Gasteiger partial charge < -0.3 is 11.1 Å². The summed E-state index contributed by atoms with van der Waals surface area (Å²) in [6.07, 6.45) is 3.30. The first kappa shape index (κ1) is 17.1. The molecule has 0 fully saturated rings. The molecule has 0 spiro atoms. The zero-order valence-electron chi connectivity index (χ0n) is 14.0. The molecule has 3 rings (SSSR count). The topological polar surface area (TPSA) is 146 Å². The highest BCUT2D eigenvalue weighted by Gasteiger charge is 2.09. The molecule has 0 bridgehead atoms. The number of nitrogens with one attached hydrogen (secondary N) is 2. The molecule has 0 saturated heterocycles. The quantitative estimate of drug-likeness (QED) is 0.593. The summed E-state index contributed by atoms with van der Waals surface area (Å²) < 4.78 is 3.02. The lowest BCUT2D eigenvalue weighted by molar-refractivity contribution is -0.118. The van der Waals surface area contributed by atoms with Crippen molar-refractivity contribution in [3.63, 3.8) is 0 Å². The van der Waals surface area contributed by atoms with Crippen LogP contribution in [0.4, 0.5) is 16.3 Å². The molecule has 3 aromatic rings. The molecule has 0 aliphatic heterocycles. The molecular weight excluding hydrogens is 338 g/mol. The molecule has 2 aromatic heterocycles. The van der Waals surface area contributed by atoms with Crippen molar-refractivity contribution in [3.05, 3.63) is 42.4 Å². The number of anilines is 2. The number of urea groups is 1. The van der Waals surface area contributed by atoms with Gasteiger partial charge in [0.25, 0.3) is 0 Å². The molecule has 4 N–H and O–H groups in total. The van der Waals surface area contributed by atoms with Crippen molar-refractivity contribution in [1.29, 1.82) is 0 Å². The van der Waals surface area contributed by atoms with E-state index in [9.17, 15) is 9.59 Å². The van der Waals surface area contributed by atoms with E-state index in [1.165, 1.54) is 15.7 Å². The van der Waals surface area contributed by atoms with Gasteiger partial charge in [-0.25, -0.2) is 9.48 Å². The Labute approximate surface area is 148 Å². The number of hydrogen-bond acceptors (Lipinski definition) is 6. The van der Waals surface area contributed by atoms with Gasteiger partial charge in [0.15, 0.2) is 5.82 Å². The van der Waals surface area contributed by atoms with Crippen molar-refractivity contribution >= 4 is 23.4 Å². The van der Waals surface area contributed by atoms with Crippen molar-refractivity contribution in [2.24, 2.45) is 5.73 Å². The zero-order valence-corrected chi connectivity index (χ0v) is 14.0. The number of aromatic nitrogens is 6.